The Kier molecular flexibility index (Phi) is 10.1. The van der Waals surface area contributed by atoms with Crippen molar-refractivity contribution in [1.29, 1.82) is 0 Å². The van der Waals surface area contributed by atoms with Crippen molar-refractivity contribution in [2.24, 2.45) is 0 Å². The molecule has 24 heavy (non-hydrogen) atoms. The van der Waals surface area contributed by atoms with Crippen LogP contribution < -0.4 is 0 Å². The molecule has 1 unspecified atom stereocenters. The van der Waals surface area contributed by atoms with E-state index in [9.17, 15) is 5.53 Å². The standard InChI is InChI=1S/C22H38N2/c23-24(21-17-13-9-5-1-2-6-10-14-18-21)22-19-15-11-7-3-4-8-12-16-20-22/h1,5,19,21H,2-4,6-18,20H2. The highest BCUT2D eigenvalue weighted by Gasteiger charge is 2.20. The third kappa shape index (κ3) is 7.77. The zero-order valence-electron chi connectivity index (χ0n) is 15.7. The summed E-state index contributed by atoms with van der Waals surface area (Å²) in [7, 11) is 0. The number of hydrogen-bond donors (Lipinski definition) is 0. The van der Waals surface area contributed by atoms with Crippen LogP contribution in [-0.4, -0.2) is 10.7 Å². The molecule has 0 N–H and O–H groups in total. The van der Waals surface area contributed by atoms with Gasteiger partial charge in [-0.25, -0.2) is 0 Å². The molecule has 2 aliphatic rings. The summed E-state index contributed by atoms with van der Waals surface area (Å²) in [4.78, 5) is 0. The van der Waals surface area contributed by atoms with Crippen LogP contribution >= 0.6 is 0 Å². The lowest BCUT2D eigenvalue weighted by atomic mass is 10.0. The van der Waals surface area contributed by atoms with Gasteiger partial charge in [-0.2, -0.15) is 0 Å². The van der Waals surface area contributed by atoms with E-state index in [4.69, 9.17) is 0 Å². The maximum atomic E-state index is 10.9. The minimum atomic E-state index is 0.327. The van der Waals surface area contributed by atoms with Gasteiger partial charge in [0, 0.05) is 19.3 Å². The molecular weight excluding hydrogens is 292 g/mol. The second-order valence-corrected chi connectivity index (χ2v) is 7.75. The first-order chi connectivity index (χ1) is 11.9. The average Bonchev–Trinajstić information content (AvgIpc) is 2.70. The maximum absolute atomic E-state index is 10.9. The molecule has 2 rings (SSSR count). The van der Waals surface area contributed by atoms with Crippen molar-refractivity contribution < 1.29 is 4.70 Å². The smallest absolute Gasteiger partial charge is 0.166 e. The molecule has 0 bridgehead atoms. The molecule has 0 amide bonds. The number of allylic oxidation sites excluding steroid dienone is 4. The van der Waals surface area contributed by atoms with Crippen LogP contribution in [0.1, 0.15) is 109 Å². The SMILES string of the molecule is [N-]=[N+](C1=CCCCCCCCCC1)C1CCCC=CCCCCC1. The van der Waals surface area contributed by atoms with Gasteiger partial charge in [0.25, 0.3) is 0 Å². The number of hydrogen-bond acceptors (Lipinski definition) is 0. The maximum Gasteiger partial charge on any atom is 0.166 e. The minimum absolute atomic E-state index is 0.327. The fourth-order valence-corrected chi connectivity index (χ4v) is 4.06. The van der Waals surface area contributed by atoms with Crippen molar-refractivity contribution in [3.63, 3.8) is 0 Å². The molecule has 136 valence electrons. The summed E-state index contributed by atoms with van der Waals surface area (Å²) in [5.41, 5.74) is 12.2. The number of nitrogens with zero attached hydrogens (tertiary/aromatic N) is 2. The Morgan fingerprint density at radius 1 is 0.667 bits per heavy atom. The first-order valence-corrected chi connectivity index (χ1v) is 10.7. The van der Waals surface area contributed by atoms with Crippen LogP contribution in [0.4, 0.5) is 0 Å². The van der Waals surface area contributed by atoms with Crippen LogP contribution in [-0.2, 0) is 0 Å². The topological polar surface area (TPSA) is 25.3 Å². The normalized spacial score (nSPS) is 25.8. The second-order valence-electron chi connectivity index (χ2n) is 7.75. The molecule has 0 radical (unpaired) electrons. The van der Waals surface area contributed by atoms with Gasteiger partial charge >= 0.3 is 0 Å². The molecule has 0 aromatic heterocycles. The Balaban J connectivity index is 1.95. The van der Waals surface area contributed by atoms with Gasteiger partial charge in [-0.15, -0.1) is 0 Å². The molecule has 2 heteroatoms. The Bertz CT molecular complexity index is 408. The van der Waals surface area contributed by atoms with Crippen molar-refractivity contribution in [2.45, 2.75) is 115 Å². The lowest BCUT2D eigenvalue weighted by Crippen LogP contribution is -2.23. The van der Waals surface area contributed by atoms with E-state index in [1.54, 1.807) is 4.70 Å². The summed E-state index contributed by atoms with van der Waals surface area (Å²) < 4.78 is 1.69. The lowest BCUT2D eigenvalue weighted by molar-refractivity contribution is -0.544. The minimum Gasteiger partial charge on any atom is -0.500 e. The fourth-order valence-electron chi connectivity index (χ4n) is 4.06. The fraction of sp³-hybridized carbons (Fsp3) is 0.818. The second kappa shape index (κ2) is 12.4. The highest BCUT2D eigenvalue weighted by Crippen LogP contribution is 2.23. The van der Waals surface area contributed by atoms with Crippen LogP contribution in [0.25, 0.3) is 5.53 Å². The summed E-state index contributed by atoms with van der Waals surface area (Å²) in [6.45, 7) is 0. The Morgan fingerprint density at radius 3 is 2.08 bits per heavy atom. The molecule has 1 atom stereocenters. The molecule has 0 saturated heterocycles. The van der Waals surface area contributed by atoms with Crippen LogP contribution in [0.15, 0.2) is 23.9 Å². The average molecular weight is 331 g/mol. The van der Waals surface area contributed by atoms with Crippen molar-refractivity contribution in [2.75, 3.05) is 0 Å². The van der Waals surface area contributed by atoms with Gasteiger partial charge in [-0.3, -0.25) is 4.70 Å². The first kappa shape index (κ1) is 19.4. The van der Waals surface area contributed by atoms with Gasteiger partial charge in [-0.1, -0.05) is 50.7 Å². The monoisotopic (exact) mass is 330 g/mol. The van der Waals surface area contributed by atoms with Crippen LogP contribution in [0.5, 0.6) is 0 Å². The van der Waals surface area contributed by atoms with Crippen LogP contribution in [0.3, 0.4) is 0 Å². The van der Waals surface area contributed by atoms with Gasteiger partial charge in [0.15, 0.2) is 5.70 Å². The highest BCUT2D eigenvalue weighted by molar-refractivity contribution is 4.93. The summed E-state index contributed by atoms with van der Waals surface area (Å²) in [5, 5.41) is 0. The molecule has 0 aliphatic heterocycles. The molecule has 0 spiro atoms. The summed E-state index contributed by atoms with van der Waals surface area (Å²) in [5.74, 6) is 0. The zero-order chi connectivity index (χ0) is 16.9. The molecule has 0 aromatic carbocycles. The van der Waals surface area contributed by atoms with Crippen molar-refractivity contribution in [3.05, 3.63) is 29.5 Å². The van der Waals surface area contributed by atoms with Crippen molar-refractivity contribution >= 4 is 0 Å². The van der Waals surface area contributed by atoms with Crippen molar-refractivity contribution in [3.8, 4) is 0 Å². The Labute approximate surface area is 149 Å². The van der Waals surface area contributed by atoms with Gasteiger partial charge in [0.2, 0.25) is 0 Å². The van der Waals surface area contributed by atoms with Gasteiger partial charge in [-0.05, 0) is 57.4 Å². The zero-order valence-corrected chi connectivity index (χ0v) is 15.7. The molecular formula is C22H38N2. The molecule has 2 nitrogen and oxygen atoms in total. The predicted molar refractivity (Wildman–Crippen MR) is 103 cm³/mol. The van der Waals surface area contributed by atoms with E-state index >= 15 is 0 Å². The molecule has 0 saturated carbocycles. The third-order valence-electron chi connectivity index (χ3n) is 5.64. The molecule has 2 aliphatic carbocycles. The summed E-state index contributed by atoms with van der Waals surface area (Å²) >= 11 is 0. The molecule has 0 fully saturated rings. The van der Waals surface area contributed by atoms with E-state index in [2.05, 4.69) is 18.2 Å². The van der Waals surface area contributed by atoms with E-state index in [0.29, 0.717) is 6.04 Å². The lowest BCUT2D eigenvalue weighted by Gasteiger charge is -2.21. The van der Waals surface area contributed by atoms with Gasteiger partial charge in [0.05, 0.1) is 0 Å². The van der Waals surface area contributed by atoms with E-state index in [0.717, 1.165) is 25.7 Å². The quantitative estimate of drug-likeness (QED) is 0.285. The van der Waals surface area contributed by atoms with Crippen LogP contribution in [0.2, 0.25) is 0 Å². The van der Waals surface area contributed by atoms with E-state index in [1.807, 2.05) is 0 Å². The largest absolute Gasteiger partial charge is 0.500 e. The number of rotatable bonds is 2. The van der Waals surface area contributed by atoms with Crippen LogP contribution in [0, 0.1) is 0 Å². The summed E-state index contributed by atoms with van der Waals surface area (Å²) in [6.07, 6.45) is 28.3. The Morgan fingerprint density at radius 2 is 1.25 bits per heavy atom. The molecule has 0 aromatic rings. The predicted octanol–water partition coefficient (Wildman–Crippen LogP) is 7.49. The van der Waals surface area contributed by atoms with E-state index in [-0.39, 0.29) is 0 Å². The van der Waals surface area contributed by atoms with Gasteiger partial charge < -0.3 is 5.53 Å². The third-order valence-corrected chi connectivity index (χ3v) is 5.64. The molecule has 0 heterocycles. The Hall–Kier alpha value is -0.920. The van der Waals surface area contributed by atoms with Crippen molar-refractivity contribution in [1.82, 2.24) is 0 Å². The van der Waals surface area contributed by atoms with E-state index in [1.165, 1.54) is 89.2 Å². The van der Waals surface area contributed by atoms with E-state index < -0.39 is 0 Å². The van der Waals surface area contributed by atoms with Gasteiger partial charge in [0.1, 0.15) is 6.04 Å². The summed E-state index contributed by atoms with van der Waals surface area (Å²) in [6, 6.07) is 0.327. The highest BCUT2D eigenvalue weighted by atomic mass is 15.2. The first-order valence-electron chi connectivity index (χ1n) is 10.7.